The first-order valence-corrected chi connectivity index (χ1v) is 4.02. The molecule has 0 amide bonds. The molecular formula is C7H11NOS. The van der Waals surface area contributed by atoms with E-state index in [1.165, 1.54) is 0 Å². The Hall–Kier alpha value is -0.380. The van der Waals surface area contributed by atoms with Crippen LogP contribution in [0.3, 0.4) is 0 Å². The molecule has 56 valence electrons. The molecule has 0 aliphatic carbocycles. The molecule has 0 aliphatic rings. The molecule has 1 aromatic heterocycles. The maximum absolute atomic E-state index is 9.10. The highest BCUT2D eigenvalue weighted by atomic mass is 32.1. The van der Waals surface area contributed by atoms with Crippen LogP contribution >= 0.6 is 11.3 Å². The standard InChI is InChI=1S/C7H11NOS/c1-5(9)7-3-2-6(4-8)10-7/h2-3,5,9H,4,8H2,1H3. The highest BCUT2D eigenvalue weighted by Gasteiger charge is 2.02. The largest absolute Gasteiger partial charge is 0.388 e. The van der Waals surface area contributed by atoms with Crippen molar-refractivity contribution in [2.24, 2.45) is 5.73 Å². The third kappa shape index (κ3) is 1.56. The van der Waals surface area contributed by atoms with Crippen LogP contribution in [0.5, 0.6) is 0 Å². The first-order chi connectivity index (χ1) is 4.74. The van der Waals surface area contributed by atoms with E-state index < -0.39 is 0 Å². The van der Waals surface area contributed by atoms with Crippen LogP contribution in [0.1, 0.15) is 22.8 Å². The molecular weight excluding hydrogens is 146 g/mol. The smallest absolute Gasteiger partial charge is 0.0854 e. The first kappa shape index (κ1) is 7.72. The van der Waals surface area contributed by atoms with Gasteiger partial charge in [0.2, 0.25) is 0 Å². The normalized spacial score (nSPS) is 13.5. The van der Waals surface area contributed by atoms with Gasteiger partial charge in [0.15, 0.2) is 0 Å². The molecule has 0 aromatic carbocycles. The minimum Gasteiger partial charge on any atom is -0.388 e. The fourth-order valence-electron chi connectivity index (χ4n) is 0.729. The van der Waals surface area contributed by atoms with Crippen LogP contribution in [0.15, 0.2) is 12.1 Å². The Kier molecular flexibility index (Phi) is 2.43. The molecule has 3 N–H and O–H groups in total. The van der Waals surface area contributed by atoms with E-state index in [2.05, 4.69) is 0 Å². The van der Waals surface area contributed by atoms with Crippen molar-refractivity contribution in [2.45, 2.75) is 19.6 Å². The third-order valence-corrected chi connectivity index (χ3v) is 2.57. The molecule has 0 fully saturated rings. The minimum atomic E-state index is -0.356. The molecule has 0 spiro atoms. The molecule has 0 aliphatic heterocycles. The number of hydrogen-bond acceptors (Lipinski definition) is 3. The average molecular weight is 157 g/mol. The lowest BCUT2D eigenvalue weighted by atomic mass is 10.3. The van der Waals surface area contributed by atoms with Crippen LogP contribution < -0.4 is 5.73 Å². The van der Waals surface area contributed by atoms with Crippen LogP contribution in [-0.4, -0.2) is 5.11 Å². The second kappa shape index (κ2) is 3.14. The summed E-state index contributed by atoms with van der Waals surface area (Å²) < 4.78 is 0. The highest BCUT2D eigenvalue weighted by molar-refractivity contribution is 7.12. The van der Waals surface area contributed by atoms with Gasteiger partial charge in [0.25, 0.3) is 0 Å². The van der Waals surface area contributed by atoms with Crippen LogP contribution in [0.4, 0.5) is 0 Å². The zero-order chi connectivity index (χ0) is 7.56. The molecule has 0 saturated carbocycles. The van der Waals surface area contributed by atoms with Crippen LogP contribution in [0, 0.1) is 0 Å². The predicted octanol–water partition coefficient (Wildman–Crippen LogP) is 1.26. The number of hydrogen-bond donors (Lipinski definition) is 2. The minimum absolute atomic E-state index is 0.356. The lowest BCUT2D eigenvalue weighted by Crippen LogP contribution is -1.91. The van der Waals surface area contributed by atoms with Gasteiger partial charge >= 0.3 is 0 Å². The van der Waals surface area contributed by atoms with Gasteiger partial charge in [0.05, 0.1) is 6.10 Å². The number of aliphatic hydroxyl groups is 1. The van der Waals surface area contributed by atoms with Crippen molar-refractivity contribution in [2.75, 3.05) is 0 Å². The molecule has 0 saturated heterocycles. The fraction of sp³-hybridized carbons (Fsp3) is 0.429. The second-order valence-corrected chi connectivity index (χ2v) is 3.38. The van der Waals surface area contributed by atoms with Gasteiger partial charge in [-0.25, -0.2) is 0 Å². The molecule has 1 heterocycles. The van der Waals surface area contributed by atoms with E-state index in [4.69, 9.17) is 10.8 Å². The molecule has 1 aromatic rings. The van der Waals surface area contributed by atoms with Gasteiger partial charge in [-0.3, -0.25) is 0 Å². The Balaban J connectivity index is 2.78. The Morgan fingerprint density at radius 2 is 2.40 bits per heavy atom. The van der Waals surface area contributed by atoms with Crippen molar-refractivity contribution >= 4 is 11.3 Å². The zero-order valence-corrected chi connectivity index (χ0v) is 6.69. The van der Waals surface area contributed by atoms with Gasteiger partial charge in [-0.05, 0) is 19.1 Å². The van der Waals surface area contributed by atoms with Crippen LogP contribution in [0.25, 0.3) is 0 Å². The Labute approximate surface area is 64.3 Å². The molecule has 3 heteroatoms. The summed E-state index contributed by atoms with van der Waals surface area (Å²) in [6.45, 7) is 2.32. The van der Waals surface area contributed by atoms with Gasteiger partial charge in [0.1, 0.15) is 0 Å². The van der Waals surface area contributed by atoms with Crippen molar-refractivity contribution in [3.63, 3.8) is 0 Å². The first-order valence-electron chi connectivity index (χ1n) is 3.20. The van der Waals surface area contributed by atoms with E-state index in [9.17, 15) is 0 Å². The molecule has 0 bridgehead atoms. The summed E-state index contributed by atoms with van der Waals surface area (Å²) in [6.07, 6.45) is -0.356. The summed E-state index contributed by atoms with van der Waals surface area (Å²) in [5.74, 6) is 0. The molecule has 1 atom stereocenters. The molecule has 1 unspecified atom stereocenters. The Morgan fingerprint density at radius 1 is 1.70 bits per heavy atom. The molecule has 0 radical (unpaired) electrons. The maximum Gasteiger partial charge on any atom is 0.0854 e. The van der Waals surface area contributed by atoms with Crippen molar-refractivity contribution < 1.29 is 5.11 Å². The molecule has 2 nitrogen and oxygen atoms in total. The van der Waals surface area contributed by atoms with E-state index in [1.807, 2.05) is 12.1 Å². The molecule has 1 rings (SSSR count). The average Bonchev–Trinajstić information content (AvgIpc) is 2.34. The summed E-state index contributed by atoms with van der Waals surface area (Å²) in [7, 11) is 0. The monoisotopic (exact) mass is 157 g/mol. The summed E-state index contributed by atoms with van der Waals surface area (Å²) in [5, 5.41) is 9.10. The van der Waals surface area contributed by atoms with Gasteiger partial charge in [-0.15, -0.1) is 11.3 Å². The Morgan fingerprint density at radius 3 is 2.70 bits per heavy atom. The quantitative estimate of drug-likeness (QED) is 0.679. The SMILES string of the molecule is CC(O)c1ccc(CN)s1. The van der Waals surface area contributed by atoms with Crippen molar-refractivity contribution in [1.82, 2.24) is 0 Å². The van der Waals surface area contributed by atoms with Crippen LogP contribution in [0.2, 0.25) is 0 Å². The molecule has 10 heavy (non-hydrogen) atoms. The number of thiophene rings is 1. The third-order valence-electron chi connectivity index (χ3n) is 1.30. The summed E-state index contributed by atoms with van der Waals surface area (Å²) in [4.78, 5) is 2.11. The zero-order valence-electron chi connectivity index (χ0n) is 5.87. The lowest BCUT2D eigenvalue weighted by Gasteiger charge is -1.96. The van der Waals surface area contributed by atoms with Gasteiger partial charge < -0.3 is 10.8 Å². The number of aliphatic hydroxyl groups excluding tert-OH is 1. The summed E-state index contributed by atoms with van der Waals surface area (Å²) >= 11 is 1.57. The topological polar surface area (TPSA) is 46.2 Å². The van der Waals surface area contributed by atoms with E-state index >= 15 is 0 Å². The van der Waals surface area contributed by atoms with E-state index in [1.54, 1.807) is 18.3 Å². The van der Waals surface area contributed by atoms with Gasteiger partial charge in [-0.2, -0.15) is 0 Å². The van der Waals surface area contributed by atoms with Gasteiger partial charge in [0, 0.05) is 16.3 Å². The van der Waals surface area contributed by atoms with E-state index in [-0.39, 0.29) is 6.10 Å². The van der Waals surface area contributed by atoms with Gasteiger partial charge in [-0.1, -0.05) is 0 Å². The van der Waals surface area contributed by atoms with E-state index in [0.29, 0.717) is 6.54 Å². The predicted molar refractivity (Wildman–Crippen MR) is 42.8 cm³/mol. The fourth-order valence-corrected chi connectivity index (χ4v) is 1.56. The van der Waals surface area contributed by atoms with Crippen molar-refractivity contribution in [1.29, 1.82) is 0 Å². The van der Waals surface area contributed by atoms with Crippen LogP contribution in [-0.2, 0) is 6.54 Å². The Bertz CT molecular complexity index is 207. The number of rotatable bonds is 2. The highest BCUT2D eigenvalue weighted by Crippen LogP contribution is 2.21. The second-order valence-electron chi connectivity index (χ2n) is 2.18. The van der Waals surface area contributed by atoms with E-state index in [0.717, 1.165) is 9.75 Å². The summed E-state index contributed by atoms with van der Waals surface area (Å²) in [6, 6.07) is 3.87. The maximum atomic E-state index is 9.10. The lowest BCUT2D eigenvalue weighted by molar-refractivity contribution is 0.203. The summed E-state index contributed by atoms with van der Waals surface area (Å²) in [5.41, 5.74) is 5.39. The number of nitrogens with two attached hydrogens (primary N) is 1. The van der Waals surface area contributed by atoms with Crippen molar-refractivity contribution in [3.8, 4) is 0 Å². The van der Waals surface area contributed by atoms with Crippen molar-refractivity contribution in [3.05, 3.63) is 21.9 Å².